The molecule has 2 aromatic heterocycles. The molecule has 5 rings (SSSR count). The van der Waals surface area contributed by atoms with Crippen molar-refractivity contribution in [2.45, 2.75) is 13.5 Å². The maximum Gasteiger partial charge on any atom is 0.371 e. The van der Waals surface area contributed by atoms with Gasteiger partial charge in [0.25, 0.3) is 5.91 Å². The van der Waals surface area contributed by atoms with Gasteiger partial charge in [0.05, 0.1) is 23.5 Å². The molecule has 0 saturated carbocycles. The second-order valence-electron chi connectivity index (χ2n) is 7.50. The van der Waals surface area contributed by atoms with Crippen molar-refractivity contribution in [3.8, 4) is 0 Å². The summed E-state index contributed by atoms with van der Waals surface area (Å²) in [6, 6.07) is 20.3. The highest BCUT2D eigenvalue weighted by Crippen LogP contribution is 2.29. The Kier molecular flexibility index (Phi) is 4.71. The lowest BCUT2D eigenvalue weighted by Crippen LogP contribution is -2.21. The fourth-order valence-corrected chi connectivity index (χ4v) is 3.85. The van der Waals surface area contributed by atoms with Crippen LogP contribution in [0.2, 0.25) is 0 Å². The van der Waals surface area contributed by atoms with Crippen LogP contribution in [0.1, 0.15) is 28.8 Å². The molecule has 7 nitrogen and oxygen atoms in total. The average Bonchev–Trinajstić information content (AvgIpc) is 3.48. The molecule has 3 heterocycles. The molecule has 0 fully saturated rings. The maximum atomic E-state index is 13.1. The van der Waals surface area contributed by atoms with Gasteiger partial charge in [0, 0.05) is 22.7 Å². The Hall–Kier alpha value is -4.39. The molecule has 1 N–H and O–H groups in total. The van der Waals surface area contributed by atoms with Crippen LogP contribution in [0.15, 0.2) is 88.0 Å². The second-order valence-corrected chi connectivity index (χ2v) is 7.50. The van der Waals surface area contributed by atoms with Gasteiger partial charge >= 0.3 is 5.97 Å². The number of carbonyl (C=O) groups excluding carboxylic acids is 1. The van der Waals surface area contributed by atoms with Crippen molar-refractivity contribution in [2.75, 3.05) is 5.01 Å². The molecule has 0 spiro atoms. The number of carboxylic acid groups (broad SMARTS) is 1. The quantitative estimate of drug-likeness (QED) is 0.466. The number of carboxylic acids is 1. The fourth-order valence-electron chi connectivity index (χ4n) is 3.85. The van der Waals surface area contributed by atoms with E-state index in [1.54, 1.807) is 6.07 Å². The third kappa shape index (κ3) is 3.39. The lowest BCUT2D eigenvalue weighted by molar-refractivity contribution is -0.114. The highest BCUT2D eigenvalue weighted by molar-refractivity contribution is 6.32. The number of aromatic nitrogens is 1. The lowest BCUT2D eigenvalue weighted by Gasteiger charge is -2.10. The Morgan fingerprint density at radius 1 is 1.06 bits per heavy atom. The SMILES string of the molecule is CC1=NN(c2ccccc2)C(=O)/C1=C/c1cn(Cc2ccc(C(=O)O)o2)c2ccccc12. The van der Waals surface area contributed by atoms with Crippen LogP contribution in [0.5, 0.6) is 0 Å². The number of anilines is 1. The number of furan rings is 1. The van der Waals surface area contributed by atoms with E-state index in [1.807, 2.05) is 78.4 Å². The number of hydrazone groups is 1. The van der Waals surface area contributed by atoms with Crippen molar-refractivity contribution in [2.24, 2.45) is 5.10 Å². The van der Waals surface area contributed by atoms with E-state index in [2.05, 4.69) is 5.10 Å². The molecular weight excluding hydrogens is 406 g/mol. The standard InChI is InChI=1S/C25H19N3O4/c1-16-21(24(29)28(26-16)18-7-3-2-4-8-18)13-17-14-27(22-10-6-5-9-20(17)22)15-19-11-12-23(32-19)25(30)31/h2-14H,15H2,1H3,(H,30,31)/b21-13+. The van der Waals surface area contributed by atoms with E-state index < -0.39 is 5.97 Å². The van der Waals surface area contributed by atoms with Crippen molar-refractivity contribution in [1.82, 2.24) is 4.57 Å². The third-order valence-corrected chi connectivity index (χ3v) is 5.38. The summed E-state index contributed by atoms with van der Waals surface area (Å²) in [5.74, 6) is -0.838. The normalized spacial score (nSPS) is 15.0. The topological polar surface area (TPSA) is 88.0 Å². The maximum absolute atomic E-state index is 13.1. The molecule has 2 aromatic carbocycles. The molecule has 158 valence electrons. The van der Waals surface area contributed by atoms with Crippen LogP contribution in [0.25, 0.3) is 17.0 Å². The first kappa shape index (κ1) is 19.6. The molecule has 0 radical (unpaired) electrons. The van der Waals surface area contributed by atoms with E-state index in [1.165, 1.54) is 11.1 Å². The summed E-state index contributed by atoms with van der Waals surface area (Å²) in [5, 5.41) is 15.9. The van der Waals surface area contributed by atoms with E-state index in [4.69, 9.17) is 9.52 Å². The van der Waals surface area contributed by atoms with Gasteiger partial charge in [-0.2, -0.15) is 10.1 Å². The van der Waals surface area contributed by atoms with Crippen LogP contribution in [-0.4, -0.2) is 27.3 Å². The highest BCUT2D eigenvalue weighted by atomic mass is 16.4. The molecule has 0 atom stereocenters. The number of benzene rings is 2. The number of carbonyl (C=O) groups is 2. The molecule has 0 bridgehead atoms. The summed E-state index contributed by atoms with van der Waals surface area (Å²) < 4.78 is 7.40. The zero-order chi connectivity index (χ0) is 22.2. The van der Waals surface area contributed by atoms with Crippen LogP contribution in [-0.2, 0) is 11.3 Å². The molecule has 0 unspecified atom stereocenters. The molecule has 32 heavy (non-hydrogen) atoms. The lowest BCUT2D eigenvalue weighted by atomic mass is 10.1. The third-order valence-electron chi connectivity index (χ3n) is 5.38. The summed E-state index contributed by atoms with van der Waals surface area (Å²) in [6.45, 7) is 2.19. The number of fused-ring (bicyclic) bond motifs is 1. The van der Waals surface area contributed by atoms with E-state index >= 15 is 0 Å². The number of hydrogen-bond donors (Lipinski definition) is 1. The van der Waals surface area contributed by atoms with Crippen molar-refractivity contribution in [3.63, 3.8) is 0 Å². The number of nitrogens with zero attached hydrogens (tertiary/aromatic N) is 3. The van der Waals surface area contributed by atoms with Crippen molar-refractivity contribution in [3.05, 3.63) is 95.6 Å². The van der Waals surface area contributed by atoms with Crippen molar-refractivity contribution < 1.29 is 19.1 Å². The van der Waals surface area contributed by atoms with Crippen LogP contribution in [0, 0.1) is 0 Å². The summed E-state index contributed by atoms with van der Waals surface area (Å²) in [7, 11) is 0. The summed E-state index contributed by atoms with van der Waals surface area (Å²) >= 11 is 0. The number of aromatic carboxylic acids is 1. The summed E-state index contributed by atoms with van der Waals surface area (Å²) in [6.07, 6.45) is 3.79. The van der Waals surface area contributed by atoms with Gasteiger partial charge in [0.1, 0.15) is 5.76 Å². The second kappa shape index (κ2) is 7.70. The monoisotopic (exact) mass is 425 g/mol. The number of para-hydroxylation sites is 2. The van der Waals surface area contributed by atoms with Crippen LogP contribution >= 0.6 is 0 Å². The van der Waals surface area contributed by atoms with E-state index in [0.29, 0.717) is 23.6 Å². The molecule has 1 aliphatic heterocycles. The Balaban J connectivity index is 1.52. The van der Waals surface area contributed by atoms with E-state index in [-0.39, 0.29) is 11.7 Å². The van der Waals surface area contributed by atoms with Crippen molar-refractivity contribution in [1.29, 1.82) is 0 Å². The fraction of sp³-hybridized carbons (Fsp3) is 0.0800. The average molecular weight is 425 g/mol. The Morgan fingerprint density at radius 3 is 2.56 bits per heavy atom. The summed E-state index contributed by atoms with van der Waals surface area (Å²) in [5.41, 5.74) is 3.72. The minimum Gasteiger partial charge on any atom is -0.475 e. The molecular formula is C25H19N3O4. The Bertz CT molecular complexity index is 1410. The van der Waals surface area contributed by atoms with Crippen LogP contribution in [0.3, 0.4) is 0 Å². The molecule has 0 saturated heterocycles. The first-order chi connectivity index (χ1) is 15.5. The van der Waals surface area contributed by atoms with E-state index in [9.17, 15) is 9.59 Å². The predicted octanol–water partition coefficient (Wildman–Crippen LogP) is 4.79. The minimum atomic E-state index is -1.10. The van der Waals surface area contributed by atoms with E-state index in [0.717, 1.165) is 22.2 Å². The smallest absolute Gasteiger partial charge is 0.371 e. The van der Waals surface area contributed by atoms with Crippen LogP contribution in [0.4, 0.5) is 5.69 Å². The zero-order valence-electron chi connectivity index (χ0n) is 17.2. The van der Waals surface area contributed by atoms with Gasteiger partial charge in [-0.25, -0.2) is 4.79 Å². The van der Waals surface area contributed by atoms with Gasteiger partial charge in [-0.05, 0) is 43.3 Å². The van der Waals surface area contributed by atoms with Gasteiger partial charge in [-0.3, -0.25) is 4.79 Å². The Labute approximate surface area is 183 Å². The van der Waals surface area contributed by atoms with Gasteiger partial charge in [0.2, 0.25) is 5.76 Å². The van der Waals surface area contributed by atoms with Gasteiger partial charge in [-0.1, -0.05) is 36.4 Å². The summed E-state index contributed by atoms with van der Waals surface area (Å²) in [4.78, 5) is 24.2. The number of hydrogen-bond acceptors (Lipinski definition) is 4. The number of rotatable bonds is 5. The molecule has 4 aromatic rings. The number of amides is 1. The predicted molar refractivity (Wildman–Crippen MR) is 122 cm³/mol. The molecule has 0 aliphatic carbocycles. The largest absolute Gasteiger partial charge is 0.475 e. The molecule has 1 amide bonds. The molecule has 1 aliphatic rings. The van der Waals surface area contributed by atoms with Gasteiger partial charge < -0.3 is 14.1 Å². The van der Waals surface area contributed by atoms with Crippen LogP contribution < -0.4 is 5.01 Å². The minimum absolute atomic E-state index is 0.0943. The zero-order valence-corrected chi connectivity index (χ0v) is 17.2. The van der Waals surface area contributed by atoms with Gasteiger partial charge in [0.15, 0.2) is 0 Å². The first-order valence-corrected chi connectivity index (χ1v) is 10.1. The highest BCUT2D eigenvalue weighted by Gasteiger charge is 2.29. The Morgan fingerprint density at radius 2 is 1.81 bits per heavy atom. The molecule has 7 heteroatoms. The van der Waals surface area contributed by atoms with Crippen molar-refractivity contribution >= 4 is 40.3 Å². The first-order valence-electron chi connectivity index (χ1n) is 10.1. The van der Waals surface area contributed by atoms with Gasteiger partial charge in [-0.15, -0.1) is 0 Å².